The molecule has 0 saturated carbocycles. The van der Waals surface area contributed by atoms with E-state index in [1.165, 1.54) is 38.5 Å². The second-order valence-electron chi connectivity index (χ2n) is 6.96. The van der Waals surface area contributed by atoms with Crippen LogP contribution in [0.3, 0.4) is 0 Å². The van der Waals surface area contributed by atoms with Crippen LogP contribution in [0, 0.1) is 5.82 Å². The molecule has 150 valence electrons. The van der Waals surface area contributed by atoms with Crippen LogP contribution in [0.2, 0.25) is 0 Å². The van der Waals surface area contributed by atoms with E-state index < -0.39 is 23.4 Å². The number of halogens is 1. The fourth-order valence-corrected chi connectivity index (χ4v) is 2.24. The average Bonchev–Trinajstić information content (AvgIpc) is 2.62. The van der Waals surface area contributed by atoms with E-state index in [2.05, 4.69) is 10.6 Å². The predicted molar refractivity (Wildman–Crippen MR) is 103 cm³/mol. The molecular formula is C20H23FN2O5. The third kappa shape index (κ3) is 5.87. The molecule has 0 radical (unpaired) electrons. The molecule has 2 aromatic carbocycles. The number of methoxy groups -OCH3 is 2. The summed E-state index contributed by atoms with van der Waals surface area (Å²) in [5, 5.41) is 5.08. The molecule has 0 spiro atoms. The van der Waals surface area contributed by atoms with E-state index in [1.807, 2.05) is 0 Å². The van der Waals surface area contributed by atoms with Gasteiger partial charge in [0.1, 0.15) is 23.1 Å². The van der Waals surface area contributed by atoms with Crippen molar-refractivity contribution < 1.29 is 28.2 Å². The van der Waals surface area contributed by atoms with Crippen molar-refractivity contribution >= 4 is 17.7 Å². The fraction of sp³-hybridized carbons (Fsp3) is 0.300. The molecule has 2 rings (SSSR count). The van der Waals surface area contributed by atoms with Gasteiger partial charge >= 0.3 is 6.09 Å². The van der Waals surface area contributed by atoms with Gasteiger partial charge in [-0.05, 0) is 45.0 Å². The highest BCUT2D eigenvalue weighted by Gasteiger charge is 2.17. The van der Waals surface area contributed by atoms with Crippen LogP contribution in [0.1, 0.15) is 31.1 Å². The molecule has 2 aromatic rings. The van der Waals surface area contributed by atoms with Crippen molar-refractivity contribution in [2.45, 2.75) is 26.3 Å². The van der Waals surface area contributed by atoms with Crippen molar-refractivity contribution in [1.29, 1.82) is 0 Å². The number of hydrogen-bond donors (Lipinski definition) is 2. The molecule has 0 bridgehead atoms. The lowest BCUT2D eigenvalue weighted by Crippen LogP contribution is -2.42. The van der Waals surface area contributed by atoms with Gasteiger partial charge in [0, 0.05) is 23.2 Å². The first-order valence-corrected chi connectivity index (χ1v) is 8.45. The van der Waals surface area contributed by atoms with Gasteiger partial charge < -0.3 is 24.8 Å². The van der Waals surface area contributed by atoms with Gasteiger partial charge in [-0.25, -0.2) is 9.18 Å². The minimum atomic E-state index is -0.686. The zero-order valence-corrected chi connectivity index (χ0v) is 16.4. The van der Waals surface area contributed by atoms with Crippen molar-refractivity contribution in [3.63, 3.8) is 0 Å². The minimum absolute atomic E-state index is 0.0849. The number of ether oxygens (including phenoxy) is 3. The van der Waals surface area contributed by atoms with Crippen LogP contribution in [0.15, 0.2) is 36.4 Å². The van der Waals surface area contributed by atoms with Gasteiger partial charge in [0.05, 0.1) is 19.9 Å². The molecule has 0 saturated heterocycles. The maximum Gasteiger partial charge on any atom is 0.413 e. The molecule has 0 aliphatic rings. The lowest BCUT2D eigenvalue weighted by atomic mass is 10.1. The maximum atomic E-state index is 14.1. The molecule has 0 aliphatic carbocycles. The Morgan fingerprint density at radius 2 is 1.54 bits per heavy atom. The van der Waals surface area contributed by atoms with Gasteiger partial charge in [0.15, 0.2) is 0 Å². The molecule has 2 N–H and O–H groups in total. The van der Waals surface area contributed by atoms with Gasteiger partial charge in [-0.3, -0.25) is 4.79 Å². The summed E-state index contributed by atoms with van der Waals surface area (Å²) in [6.45, 7) is 5.40. The average molecular weight is 390 g/mol. The van der Waals surface area contributed by atoms with Crippen LogP contribution in [0.4, 0.5) is 14.9 Å². The molecule has 0 aliphatic heterocycles. The van der Waals surface area contributed by atoms with E-state index in [0.717, 1.165) is 6.07 Å². The second kappa shape index (κ2) is 8.60. The standard InChI is InChI=1S/C20H23FN2O5/c1-20(2,3)23-19(25)28-13-6-7-16(21)17(11-13)22-18(24)12-8-14(26-4)10-15(9-12)27-5/h6-11H,1-5H3,(H,22,24)(H,23,25). The summed E-state index contributed by atoms with van der Waals surface area (Å²) in [5.74, 6) is -0.331. The van der Waals surface area contributed by atoms with Crippen molar-refractivity contribution in [2.75, 3.05) is 19.5 Å². The second-order valence-corrected chi connectivity index (χ2v) is 6.96. The third-order valence-corrected chi connectivity index (χ3v) is 3.49. The largest absolute Gasteiger partial charge is 0.497 e. The highest BCUT2D eigenvalue weighted by atomic mass is 19.1. The van der Waals surface area contributed by atoms with Crippen LogP contribution in [0.25, 0.3) is 0 Å². The smallest absolute Gasteiger partial charge is 0.413 e. The minimum Gasteiger partial charge on any atom is -0.497 e. The van der Waals surface area contributed by atoms with Crippen molar-refractivity contribution in [3.05, 3.63) is 47.8 Å². The Labute approximate surface area is 162 Å². The number of benzene rings is 2. The van der Waals surface area contributed by atoms with Crippen molar-refractivity contribution in [2.24, 2.45) is 0 Å². The number of carbonyl (C=O) groups is 2. The first-order valence-electron chi connectivity index (χ1n) is 8.45. The Hall–Kier alpha value is -3.29. The predicted octanol–water partition coefficient (Wildman–Crippen LogP) is 3.98. The van der Waals surface area contributed by atoms with Crippen LogP contribution < -0.4 is 24.8 Å². The summed E-state index contributed by atoms with van der Waals surface area (Å²) in [7, 11) is 2.92. The van der Waals surface area contributed by atoms with Crippen molar-refractivity contribution in [1.82, 2.24) is 5.32 Å². The lowest BCUT2D eigenvalue weighted by Gasteiger charge is -2.20. The molecule has 7 nitrogen and oxygen atoms in total. The van der Waals surface area contributed by atoms with Gasteiger partial charge in [0.2, 0.25) is 0 Å². The molecule has 0 fully saturated rings. The summed E-state index contributed by atoms with van der Waals surface area (Å²) in [4.78, 5) is 24.4. The van der Waals surface area contributed by atoms with Crippen LogP contribution in [0.5, 0.6) is 17.2 Å². The number of nitrogens with one attached hydrogen (secondary N) is 2. The maximum absolute atomic E-state index is 14.1. The number of carbonyl (C=O) groups excluding carboxylic acids is 2. The van der Waals surface area contributed by atoms with Gasteiger partial charge in [-0.1, -0.05) is 0 Å². The fourth-order valence-electron chi connectivity index (χ4n) is 2.24. The molecule has 0 atom stereocenters. The molecule has 0 aromatic heterocycles. The Bertz CT molecular complexity index is 855. The van der Waals surface area contributed by atoms with Crippen LogP contribution in [-0.2, 0) is 0 Å². The Morgan fingerprint density at radius 3 is 2.07 bits per heavy atom. The summed E-state index contributed by atoms with van der Waals surface area (Å²) < 4.78 is 29.5. The first kappa shape index (κ1) is 21.0. The molecule has 0 unspecified atom stereocenters. The summed E-state index contributed by atoms with van der Waals surface area (Å²) in [6, 6.07) is 8.22. The molecule has 0 heterocycles. The van der Waals surface area contributed by atoms with Gasteiger partial charge in [-0.15, -0.1) is 0 Å². The first-order chi connectivity index (χ1) is 13.1. The normalized spacial score (nSPS) is 10.8. The van der Waals surface area contributed by atoms with Crippen LogP contribution >= 0.6 is 0 Å². The van der Waals surface area contributed by atoms with Gasteiger partial charge in [0.25, 0.3) is 5.91 Å². The third-order valence-electron chi connectivity index (χ3n) is 3.49. The Kier molecular flexibility index (Phi) is 6.45. The topological polar surface area (TPSA) is 85.9 Å². The molecule has 2 amide bonds. The number of anilines is 1. The van der Waals surface area contributed by atoms with E-state index in [-0.39, 0.29) is 17.0 Å². The number of amides is 2. The van der Waals surface area contributed by atoms with E-state index >= 15 is 0 Å². The summed E-state index contributed by atoms with van der Waals surface area (Å²) >= 11 is 0. The van der Waals surface area contributed by atoms with E-state index in [9.17, 15) is 14.0 Å². The summed E-state index contributed by atoms with van der Waals surface area (Å²) in [6.07, 6.45) is -0.686. The van der Waals surface area contributed by atoms with Gasteiger partial charge in [-0.2, -0.15) is 0 Å². The molecule has 8 heteroatoms. The summed E-state index contributed by atoms with van der Waals surface area (Å²) in [5.41, 5.74) is -0.403. The van der Waals surface area contributed by atoms with E-state index in [0.29, 0.717) is 11.5 Å². The van der Waals surface area contributed by atoms with E-state index in [1.54, 1.807) is 26.8 Å². The molecule has 28 heavy (non-hydrogen) atoms. The van der Waals surface area contributed by atoms with E-state index in [4.69, 9.17) is 14.2 Å². The number of rotatable bonds is 5. The Balaban J connectivity index is 2.19. The Morgan fingerprint density at radius 1 is 0.929 bits per heavy atom. The molecular weight excluding hydrogens is 367 g/mol. The number of hydrogen-bond acceptors (Lipinski definition) is 5. The van der Waals surface area contributed by atoms with Crippen LogP contribution in [-0.4, -0.2) is 31.8 Å². The highest BCUT2D eigenvalue weighted by molar-refractivity contribution is 6.05. The SMILES string of the molecule is COc1cc(OC)cc(C(=O)Nc2cc(OC(=O)NC(C)(C)C)ccc2F)c1. The quantitative estimate of drug-likeness (QED) is 0.807. The van der Waals surface area contributed by atoms with Crippen molar-refractivity contribution in [3.8, 4) is 17.2 Å². The lowest BCUT2D eigenvalue weighted by molar-refractivity contribution is 0.102. The zero-order chi connectivity index (χ0) is 20.9. The zero-order valence-electron chi connectivity index (χ0n) is 16.4. The highest BCUT2D eigenvalue weighted by Crippen LogP contribution is 2.25. The monoisotopic (exact) mass is 390 g/mol.